The van der Waals surface area contributed by atoms with Gasteiger partial charge in [0, 0.05) is 24.8 Å². The summed E-state index contributed by atoms with van der Waals surface area (Å²) in [6.07, 6.45) is 1.55. The lowest BCUT2D eigenvalue weighted by Crippen LogP contribution is -2.26. The molecule has 0 saturated carbocycles. The zero-order chi connectivity index (χ0) is 14.9. The number of rotatable bonds is 4. The highest BCUT2D eigenvalue weighted by Gasteiger charge is 2.22. The molecule has 2 aromatic rings. The van der Waals surface area contributed by atoms with Gasteiger partial charge in [0.05, 0.1) is 11.2 Å². The van der Waals surface area contributed by atoms with Crippen LogP contribution in [0.2, 0.25) is 0 Å². The van der Waals surface area contributed by atoms with Crippen LogP contribution in [0.4, 0.5) is 5.69 Å². The van der Waals surface area contributed by atoms with Gasteiger partial charge in [-0.05, 0) is 43.7 Å². The number of hydrogen-bond donors (Lipinski definition) is 1. The molecular formula is C14H18N2O3S. The van der Waals surface area contributed by atoms with Crippen LogP contribution in [0.15, 0.2) is 39.8 Å². The van der Waals surface area contributed by atoms with Crippen molar-refractivity contribution in [3.63, 3.8) is 0 Å². The van der Waals surface area contributed by atoms with Crippen molar-refractivity contribution in [2.75, 3.05) is 12.8 Å². The Balaban J connectivity index is 2.32. The molecule has 0 saturated heterocycles. The second-order valence-corrected chi connectivity index (χ2v) is 6.89. The minimum atomic E-state index is -3.57. The third-order valence-electron chi connectivity index (χ3n) is 3.14. The molecule has 20 heavy (non-hydrogen) atoms. The first-order valence-corrected chi connectivity index (χ1v) is 7.61. The van der Waals surface area contributed by atoms with Crippen molar-refractivity contribution in [1.82, 2.24) is 4.31 Å². The standard InChI is InChI=1S/C14H18N2O3S/c1-10-6-13(15)8-14(7-10)20(17,18)16(3)9-12-4-5-19-11(12)2/h4-8H,9,15H2,1-3H3. The summed E-state index contributed by atoms with van der Waals surface area (Å²) >= 11 is 0. The van der Waals surface area contributed by atoms with Gasteiger partial charge in [-0.25, -0.2) is 8.42 Å². The fraction of sp³-hybridized carbons (Fsp3) is 0.286. The van der Waals surface area contributed by atoms with Crippen LogP contribution in [0.3, 0.4) is 0 Å². The lowest BCUT2D eigenvalue weighted by molar-refractivity contribution is 0.459. The van der Waals surface area contributed by atoms with Gasteiger partial charge in [-0.1, -0.05) is 0 Å². The zero-order valence-corrected chi connectivity index (χ0v) is 12.6. The molecule has 1 heterocycles. The van der Waals surface area contributed by atoms with E-state index in [4.69, 9.17) is 10.2 Å². The van der Waals surface area contributed by atoms with Gasteiger partial charge in [0.25, 0.3) is 0 Å². The van der Waals surface area contributed by atoms with Crippen LogP contribution in [-0.4, -0.2) is 19.8 Å². The third kappa shape index (κ3) is 2.86. The molecule has 0 unspecified atom stereocenters. The molecule has 5 nitrogen and oxygen atoms in total. The fourth-order valence-corrected chi connectivity index (χ4v) is 3.29. The van der Waals surface area contributed by atoms with Gasteiger partial charge >= 0.3 is 0 Å². The smallest absolute Gasteiger partial charge is 0.243 e. The van der Waals surface area contributed by atoms with E-state index >= 15 is 0 Å². The van der Waals surface area contributed by atoms with Gasteiger partial charge in [-0.2, -0.15) is 4.31 Å². The summed E-state index contributed by atoms with van der Waals surface area (Å²) in [4.78, 5) is 0.207. The van der Waals surface area contributed by atoms with Crippen molar-refractivity contribution in [3.05, 3.63) is 47.4 Å². The number of nitrogen functional groups attached to an aromatic ring is 1. The Morgan fingerprint density at radius 2 is 1.95 bits per heavy atom. The molecule has 6 heteroatoms. The molecule has 1 aromatic heterocycles. The summed E-state index contributed by atoms with van der Waals surface area (Å²) < 4.78 is 31.5. The maximum Gasteiger partial charge on any atom is 0.243 e. The van der Waals surface area contributed by atoms with E-state index in [2.05, 4.69) is 0 Å². The Morgan fingerprint density at radius 3 is 2.50 bits per heavy atom. The summed E-state index contributed by atoms with van der Waals surface area (Å²) in [6.45, 7) is 3.88. The molecule has 108 valence electrons. The monoisotopic (exact) mass is 294 g/mol. The molecule has 2 N–H and O–H groups in total. The van der Waals surface area contributed by atoms with E-state index in [0.29, 0.717) is 5.69 Å². The number of aryl methyl sites for hydroxylation is 2. The molecule has 0 aliphatic heterocycles. The topological polar surface area (TPSA) is 76.5 Å². The quantitative estimate of drug-likeness (QED) is 0.878. The lowest BCUT2D eigenvalue weighted by Gasteiger charge is -2.17. The third-order valence-corrected chi connectivity index (χ3v) is 4.92. The van der Waals surface area contributed by atoms with Crippen molar-refractivity contribution in [1.29, 1.82) is 0 Å². The van der Waals surface area contributed by atoms with Crippen LogP contribution in [0.25, 0.3) is 0 Å². The summed E-state index contributed by atoms with van der Waals surface area (Å²) in [5.41, 5.74) is 7.82. The van der Waals surface area contributed by atoms with E-state index in [0.717, 1.165) is 16.9 Å². The van der Waals surface area contributed by atoms with Crippen LogP contribution in [0, 0.1) is 13.8 Å². The van der Waals surface area contributed by atoms with Crippen LogP contribution >= 0.6 is 0 Å². The molecular weight excluding hydrogens is 276 g/mol. The van der Waals surface area contributed by atoms with E-state index in [9.17, 15) is 8.42 Å². The number of nitrogens with zero attached hydrogens (tertiary/aromatic N) is 1. The minimum absolute atomic E-state index is 0.207. The Morgan fingerprint density at radius 1 is 1.25 bits per heavy atom. The normalized spacial score (nSPS) is 12.0. The van der Waals surface area contributed by atoms with E-state index < -0.39 is 10.0 Å². The fourth-order valence-electron chi connectivity index (χ4n) is 2.01. The number of hydrogen-bond acceptors (Lipinski definition) is 4. The first-order valence-electron chi connectivity index (χ1n) is 6.17. The summed E-state index contributed by atoms with van der Waals surface area (Å²) in [5, 5.41) is 0. The van der Waals surface area contributed by atoms with Crippen LogP contribution in [0.1, 0.15) is 16.9 Å². The van der Waals surface area contributed by atoms with E-state index in [1.54, 1.807) is 38.4 Å². The van der Waals surface area contributed by atoms with Crippen LogP contribution < -0.4 is 5.73 Å². The second-order valence-electron chi connectivity index (χ2n) is 4.84. The lowest BCUT2D eigenvalue weighted by atomic mass is 10.2. The Hall–Kier alpha value is -1.79. The number of anilines is 1. The maximum atomic E-state index is 12.5. The predicted molar refractivity (Wildman–Crippen MR) is 77.7 cm³/mol. The number of sulfonamides is 1. The van der Waals surface area contributed by atoms with Gasteiger partial charge in [0.1, 0.15) is 5.76 Å². The van der Waals surface area contributed by atoms with Crippen LogP contribution in [0.5, 0.6) is 0 Å². The van der Waals surface area contributed by atoms with Crippen molar-refractivity contribution < 1.29 is 12.8 Å². The van der Waals surface area contributed by atoms with E-state index in [-0.39, 0.29) is 11.4 Å². The number of furan rings is 1. The predicted octanol–water partition coefficient (Wildman–Crippen LogP) is 2.30. The summed E-state index contributed by atoms with van der Waals surface area (Å²) in [5.74, 6) is 0.718. The molecule has 0 amide bonds. The average Bonchev–Trinajstić information content (AvgIpc) is 2.73. The first kappa shape index (κ1) is 14.6. The van der Waals surface area contributed by atoms with E-state index in [1.165, 1.54) is 10.4 Å². The van der Waals surface area contributed by atoms with Gasteiger partial charge in [0.15, 0.2) is 0 Å². The SMILES string of the molecule is Cc1cc(N)cc(S(=O)(=O)N(C)Cc2ccoc2C)c1. The number of nitrogens with two attached hydrogens (primary N) is 1. The van der Waals surface area contributed by atoms with Crippen molar-refractivity contribution in [2.24, 2.45) is 0 Å². The summed E-state index contributed by atoms with van der Waals surface area (Å²) in [6, 6.07) is 6.59. The highest BCUT2D eigenvalue weighted by atomic mass is 32.2. The van der Waals surface area contributed by atoms with Crippen molar-refractivity contribution in [2.45, 2.75) is 25.3 Å². The van der Waals surface area contributed by atoms with Crippen LogP contribution in [-0.2, 0) is 16.6 Å². The van der Waals surface area contributed by atoms with Crippen molar-refractivity contribution in [3.8, 4) is 0 Å². The van der Waals surface area contributed by atoms with Gasteiger partial charge < -0.3 is 10.2 Å². The minimum Gasteiger partial charge on any atom is -0.469 e. The molecule has 0 bridgehead atoms. The van der Waals surface area contributed by atoms with Crippen molar-refractivity contribution >= 4 is 15.7 Å². The number of benzene rings is 1. The highest BCUT2D eigenvalue weighted by molar-refractivity contribution is 7.89. The molecule has 0 radical (unpaired) electrons. The Labute approximate surface area is 119 Å². The largest absolute Gasteiger partial charge is 0.469 e. The molecule has 0 aliphatic carbocycles. The van der Waals surface area contributed by atoms with Gasteiger partial charge in [0.2, 0.25) is 10.0 Å². The van der Waals surface area contributed by atoms with Gasteiger partial charge in [-0.3, -0.25) is 0 Å². The molecule has 0 spiro atoms. The first-order chi connectivity index (χ1) is 9.30. The molecule has 1 aromatic carbocycles. The second kappa shape index (κ2) is 5.30. The molecule has 0 aliphatic rings. The zero-order valence-electron chi connectivity index (χ0n) is 11.8. The summed E-state index contributed by atoms with van der Waals surface area (Å²) in [7, 11) is -2.02. The molecule has 2 rings (SSSR count). The molecule has 0 atom stereocenters. The Kier molecular flexibility index (Phi) is 3.87. The Bertz CT molecular complexity index is 700. The maximum absolute atomic E-state index is 12.5. The van der Waals surface area contributed by atoms with Gasteiger partial charge in [-0.15, -0.1) is 0 Å². The van der Waals surface area contributed by atoms with E-state index in [1.807, 2.05) is 6.92 Å². The average molecular weight is 294 g/mol. The molecule has 0 fully saturated rings. The highest BCUT2D eigenvalue weighted by Crippen LogP contribution is 2.22.